The molecule has 1 fully saturated rings. The number of rotatable bonds is 4. The van der Waals surface area contributed by atoms with Gasteiger partial charge in [0.15, 0.2) is 0 Å². The van der Waals surface area contributed by atoms with E-state index < -0.39 is 0 Å². The van der Waals surface area contributed by atoms with E-state index in [0.717, 1.165) is 25.3 Å². The molecule has 1 aromatic carbocycles. The van der Waals surface area contributed by atoms with Crippen LogP contribution in [0.4, 0.5) is 0 Å². The summed E-state index contributed by atoms with van der Waals surface area (Å²) in [5, 5.41) is 3.46. The molecule has 1 aromatic rings. The van der Waals surface area contributed by atoms with Crippen molar-refractivity contribution in [2.75, 3.05) is 20.2 Å². The van der Waals surface area contributed by atoms with Crippen LogP contribution in [0.15, 0.2) is 12.1 Å². The molecule has 1 saturated heterocycles. The number of methoxy groups -OCH3 is 1. The number of piperidine rings is 1. The molecule has 0 spiro atoms. The number of hydrogen-bond acceptors (Lipinski definition) is 3. The van der Waals surface area contributed by atoms with Crippen LogP contribution in [0.1, 0.15) is 42.0 Å². The number of nitrogens with two attached hydrogens (primary N) is 1. The molecule has 2 rings (SSSR count). The Hall–Kier alpha value is -1.06. The molecule has 1 aliphatic heterocycles. The molecule has 1 aliphatic rings. The molecule has 19 heavy (non-hydrogen) atoms. The summed E-state index contributed by atoms with van der Waals surface area (Å²) in [5.74, 6) is 1.70. The van der Waals surface area contributed by atoms with Gasteiger partial charge in [0.2, 0.25) is 0 Å². The lowest BCUT2D eigenvalue weighted by molar-refractivity contribution is 0.336. The predicted octanol–water partition coefficient (Wildman–Crippen LogP) is 2.70. The summed E-state index contributed by atoms with van der Waals surface area (Å²) in [6.45, 7) is 6.45. The van der Waals surface area contributed by atoms with Gasteiger partial charge >= 0.3 is 0 Å². The highest BCUT2D eigenvalue weighted by Gasteiger charge is 2.18. The zero-order valence-electron chi connectivity index (χ0n) is 12.3. The lowest BCUT2D eigenvalue weighted by atomic mass is 9.89. The van der Waals surface area contributed by atoms with E-state index in [2.05, 4.69) is 31.3 Å². The van der Waals surface area contributed by atoms with Crippen molar-refractivity contribution in [2.24, 2.45) is 11.7 Å². The molecule has 2 unspecified atom stereocenters. The number of benzene rings is 1. The van der Waals surface area contributed by atoms with Gasteiger partial charge in [-0.25, -0.2) is 0 Å². The summed E-state index contributed by atoms with van der Waals surface area (Å²) in [4.78, 5) is 0. The third kappa shape index (κ3) is 3.48. The molecule has 106 valence electrons. The maximum absolute atomic E-state index is 6.39. The van der Waals surface area contributed by atoms with Crippen LogP contribution in [-0.2, 0) is 0 Å². The minimum Gasteiger partial charge on any atom is -0.496 e. The summed E-state index contributed by atoms with van der Waals surface area (Å²) < 4.78 is 5.41. The Balaban J connectivity index is 2.08. The van der Waals surface area contributed by atoms with Crippen LogP contribution in [0.3, 0.4) is 0 Å². The van der Waals surface area contributed by atoms with Crippen molar-refractivity contribution in [2.45, 2.75) is 39.2 Å². The first-order chi connectivity index (χ1) is 9.11. The van der Waals surface area contributed by atoms with Crippen molar-refractivity contribution in [3.63, 3.8) is 0 Å². The van der Waals surface area contributed by atoms with Crippen LogP contribution in [0.25, 0.3) is 0 Å². The Bertz CT molecular complexity index is 402. The summed E-state index contributed by atoms with van der Waals surface area (Å²) in [7, 11) is 1.72. The molecule has 3 nitrogen and oxygen atoms in total. The molecule has 0 aliphatic carbocycles. The van der Waals surface area contributed by atoms with Gasteiger partial charge in [-0.05, 0) is 68.8 Å². The molecule has 1 heterocycles. The van der Waals surface area contributed by atoms with Crippen LogP contribution in [0, 0.1) is 19.8 Å². The lowest BCUT2D eigenvalue weighted by Gasteiger charge is -2.26. The fourth-order valence-electron chi connectivity index (χ4n) is 3.14. The Morgan fingerprint density at radius 3 is 2.58 bits per heavy atom. The Kier molecular flexibility index (Phi) is 4.83. The first kappa shape index (κ1) is 14.4. The standard InChI is InChI=1S/C16H26N2O/c1-11-7-14(8-12(2)16(11)19-3)15(17)9-13-5-4-6-18-10-13/h7-8,13,15,18H,4-6,9-10,17H2,1-3H3. The molecule has 0 aromatic heterocycles. The first-order valence-electron chi connectivity index (χ1n) is 7.23. The number of ether oxygens (including phenoxy) is 1. The van der Waals surface area contributed by atoms with E-state index in [0.29, 0.717) is 5.92 Å². The van der Waals surface area contributed by atoms with Gasteiger partial charge in [0, 0.05) is 6.04 Å². The van der Waals surface area contributed by atoms with Gasteiger partial charge in [-0.3, -0.25) is 0 Å². The molecule has 3 heteroatoms. The predicted molar refractivity (Wildman–Crippen MR) is 79.6 cm³/mol. The fraction of sp³-hybridized carbons (Fsp3) is 0.625. The number of nitrogens with one attached hydrogen (secondary N) is 1. The van der Waals surface area contributed by atoms with E-state index in [4.69, 9.17) is 10.5 Å². The molecule has 0 radical (unpaired) electrons. The Morgan fingerprint density at radius 2 is 2.05 bits per heavy atom. The largest absolute Gasteiger partial charge is 0.496 e. The van der Waals surface area contributed by atoms with Gasteiger partial charge in [-0.1, -0.05) is 12.1 Å². The second-order valence-corrected chi connectivity index (χ2v) is 5.74. The van der Waals surface area contributed by atoms with Crippen molar-refractivity contribution in [3.8, 4) is 5.75 Å². The van der Waals surface area contributed by atoms with Gasteiger partial charge < -0.3 is 15.8 Å². The van der Waals surface area contributed by atoms with Crippen molar-refractivity contribution in [1.29, 1.82) is 0 Å². The summed E-state index contributed by atoms with van der Waals surface area (Å²) in [5.41, 5.74) is 9.98. The summed E-state index contributed by atoms with van der Waals surface area (Å²) in [6.07, 6.45) is 3.64. The molecular formula is C16H26N2O. The zero-order chi connectivity index (χ0) is 13.8. The van der Waals surface area contributed by atoms with Gasteiger partial charge in [0.25, 0.3) is 0 Å². The smallest absolute Gasteiger partial charge is 0.124 e. The van der Waals surface area contributed by atoms with E-state index in [9.17, 15) is 0 Å². The average molecular weight is 262 g/mol. The van der Waals surface area contributed by atoms with Crippen molar-refractivity contribution in [3.05, 3.63) is 28.8 Å². The normalized spacial score (nSPS) is 21.2. The van der Waals surface area contributed by atoms with E-state index in [1.54, 1.807) is 7.11 Å². The molecule has 0 saturated carbocycles. The third-order valence-electron chi connectivity index (χ3n) is 4.10. The number of hydrogen-bond donors (Lipinski definition) is 2. The van der Waals surface area contributed by atoms with Crippen LogP contribution in [0.2, 0.25) is 0 Å². The maximum atomic E-state index is 6.39. The monoisotopic (exact) mass is 262 g/mol. The minimum absolute atomic E-state index is 0.133. The van der Waals surface area contributed by atoms with Crippen molar-refractivity contribution < 1.29 is 4.74 Å². The average Bonchev–Trinajstić information content (AvgIpc) is 2.39. The van der Waals surface area contributed by atoms with Crippen molar-refractivity contribution >= 4 is 0 Å². The molecule has 2 atom stereocenters. The Morgan fingerprint density at radius 1 is 1.37 bits per heavy atom. The van der Waals surface area contributed by atoms with E-state index in [-0.39, 0.29) is 6.04 Å². The fourth-order valence-corrected chi connectivity index (χ4v) is 3.14. The highest BCUT2D eigenvalue weighted by Crippen LogP contribution is 2.29. The summed E-state index contributed by atoms with van der Waals surface area (Å²) >= 11 is 0. The summed E-state index contributed by atoms with van der Waals surface area (Å²) in [6, 6.07) is 4.48. The maximum Gasteiger partial charge on any atom is 0.124 e. The third-order valence-corrected chi connectivity index (χ3v) is 4.10. The molecule has 0 amide bonds. The minimum atomic E-state index is 0.133. The van der Waals surface area contributed by atoms with Gasteiger partial charge in [-0.2, -0.15) is 0 Å². The Labute approximate surface area is 116 Å². The topological polar surface area (TPSA) is 47.3 Å². The highest BCUT2D eigenvalue weighted by atomic mass is 16.5. The molecule has 0 bridgehead atoms. The first-order valence-corrected chi connectivity index (χ1v) is 7.23. The second-order valence-electron chi connectivity index (χ2n) is 5.74. The van der Waals surface area contributed by atoms with Crippen molar-refractivity contribution in [1.82, 2.24) is 5.32 Å². The van der Waals surface area contributed by atoms with Crippen LogP contribution < -0.4 is 15.8 Å². The van der Waals surface area contributed by atoms with Gasteiger partial charge in [0.1, 0.15) is 5.75 Å². The molecular weight excluding hydrogens is 236 g/mol. The van der Waals surface area contributed by atoms with Gasteiger partial charge in [0.05, 0.1) is 7.11 Å². The quantitative estimate of drug-likeness (QED) is 0.877. The van der Waals surface area contributed by atoms with E-state index in [1.807, 2.05) is 0 Å². The van der Waals surface area contributed by atoms with Crippen LogP contribution in [-0.4, -0.2) is 20.2 Å². The van der Waals surface area contributed by atoms with E-state index in [1.165, 1.54) is 29.5 Å². The zero-order valence-corrected chi connectivity index (χ0v) is 12.3. The second kappa shape index (κ2) is 6.40. The van der Waals surface area contributed by atoms with Gasteiger partial charge in [-0.15, -0.1) is 0 Å². The highest BCUT2D eigenvalue weighted by molar-refractivity contribution is 5.44. The number of aryl methyl sites for hydroxylation is 2. The van der Waals surface area contributed by atoms with E-state index >= 15 is 0 Å². The lowest BCUT2D eigenvalue weighted by Crippen LogP contribution is -2.31. The molecule has 3 N–H and O–H groups in total. The SMILES string of the molecule is COc1c(C)cc(C(N)CC2CCCNC2)cc1C. The van der Waals surface area contributed by atoms with Crippen LogP contribution in [0.5, 0.6) is 5.75 Å². The van der Waals surface area contributed by atoms with Crippen LogP contribution >= 0.6 is 0 Å².